The lowest BCUT2D eigenvalue weighted by atomic mass is 10.0. The van der Waals surface area contributed by atoms with Crippen LogP contribution in [0.4, 0.5) is 11.4 Å². The zero-order valence-electron chi connectivity index (χ0n) is 19.2. The highest BCUT2D eigenvalue weighted by Gasteiger charge is 2.38. The Morgan fingerprint density at radius 1 is 0.758 bits per heavy atom. The number of para-hydroxylation sites is 1. The number of carbonyl (C=O) groups is 1. The summed E-state index contributed by atoms with van der Waals surface area (Å²) >= 11 is 0. The van der Waals surface area contributed by atoms with Crippen molar-refractivity contribution in [2.75, 3.05) is 45.8 Å². The van der Waals surface area contributed by atoms with Gasteiger partial charge in [-0.1, -0.05) is 12.1 Å². The lowest BCUT2D eigenvalue weighted by molar-refractivity contribution is 0.0973. The van der Waals surface area contributed by atoms with Gasteiger partial charge in [-0.05, 0) is 36.4 Å². The van der Waals surface area contributed by atoms with Gasteiger partial charge in [-0.2, -0.15) is 0 Å². The highest BCUT2D eigenvalue weighted by Crippen LogP contribution is 2.47. The first-order chi connectivity index (χ1) is 16.1. The van der Waals surface area contributed by atoms with Crippen LogP contribution >= 0.6 is 0 Å². The van der Waals surface area contributed by atoms with Crippen LogP contribution in [0.15, 0.2) is 54.6 Å². The predicted octanol–water partition coefficient (Wildman–Crippen LogP) is 4.50. The number of ether oxygens (including phenoxy) is 5. The molecule has 8 nitrogen and oxygen atoms in total. The van der Waals surface area contributed by atoms with Crippen LogP contribution in [-0.4, -0.2) is 41.5 Å². The molecule has 1 N–H and O–H groups in total. The van der Waals surface area contributed by atoms with Crippen LogP contribution in [0.3, 0.4) is 0 Å². The van der Waals surface area contributed by atoms with E-state index < -0.39 is 6.17 Å². The second-order valence-corrected chi connectivity index (χ2v) is 7.23. The molecule has 0 radical (unpaired) electrons. The van der Waals surface area contributed by atoms with Gasteiger partial charge in [-0.15, -0.1) is 0 Å². The first-order valence-corrected chi connectivity index (χ1v) is 10.3. The summed E-state index contributed by atoms with van der Waals surface area (Å²) in [6.45, 7) is 0. The smallest absolute Gasteiger partial charge is 0.262 e. The molecule has 4 rings (SSSR count). The molecule has 1 atom stereocenters. The largest absolute Gasteiger partial charge is 0.497 e. The molecule has 3 aromatic rings. The van der Waals surface area contributed by atoms with Crippen molar-refractivity contribution in [2.24, 2.45) is 0 Å². The van der Waals surface area contributed by atoms with E-state index in [4.69, 9.17) is 23.7 Å². The zero-order chi connectivity index (χ0) is 23.5. The molecule has 172 valence electrons. The fourth-order valence-corrected chi connectivity index (χ4v) is 4.04. The molecule has 1 aliphatic heterocycles. The van der Waals surface area contributed by atoms with Gasteiger partial charge >= 0.3 is 0 Å². The summed E-state index contributed by atoms with van der Waals surface area (Å²) in [5.74, 6) is 2.34. The number of methoxy groups -OCH3 is 5. The molecule has 0 spiro atoms. The molecular formula is C25H26N2O6. The van der Waals surface area contributed by atoms with Crippen LogP contribution in [0, 0.1) is 0 Å². The van der Waals surface area contributed by atoms with E-state index in [2.05, 4.69) is 5.32 Å². The summed E-state index contributed by atoms with van der Waals surface area (Å²) in [6, 6.07) is 16.3. The molecule has 33 heavy (non-hydrogen) atoms. The Bertz CT molecular complexity index is 1180. The number of hydrogen-bond acceptors (Lipinski definition) is 7. The number of benzene rings is 3. The average Bonchev–Trinajstić information content (AvgIpc) is 2.87. The van der Waals surface area contributed by atoms with Crippen molar-refractivity contribution in [1.82, 2.24) is 0 Å². The average molecular weight is 450 g/mol. The van der Waals surface area contributed by atoms with E-state index >= 15 is 0 Å². The molecule has 0 fully saturated rings. The van der Waals surface area contributed by atoms with Crippen molar-refractivity contribution in [3.63, 3.8) is 0 Å². The number of anilines is 2. The Hall–Kier alpha value is -4.07. The van der Waals surface area contributed by atoms with Crippen LogP contribution in [0.5, 0.6) is 28.7 Å². The van der Waals surface area contributed by atoms with E-state index in [0.717, 1.165) is 0 Å². The van der Waals surface area contributed by atoms with E-state index in [1.165, 1.54) is 0 Å². The minimum atomic E-state index is -0.621. The maximum Gasteiger partial charge on any atom is 0.262 e. The lowest BCUT2D eigenvalue weighted by Crippen LogP contribution is -2.43. The molecule has 1 heterocycles. The fraction of sp³-hybridized carbons (Fsp3) is 0.240. The van der Waals surface area contributed by atoms with Gasteiger partial charge in [-0.3, -0.25) is 9.69 Å². The van der Waals surface area contributed by atoms with Crippen molar-refractivity contribution in [1.29, 1.82) is 0 Å². The summed E-state index contributed by atoms with van der Waals surface area (Å²) in [4.78, 5) is 15.4. The minimum absolute atomic E-state index is 0.186. The third-order valence-corrected chi connectivity index (χ3v) is 5.60. The number of rotatable bonds is 7. The van der Waals surface area contributed by atoms with E-state index in [0.29, 0.717) is 51.2 Å². The van der Waals surface area contributed by atoms with Crippen molar-refractivity contribution in [2.45, 2.75) is 6.17 Å². The Morgan fingerprint density at radius 2 is 1.48 bits per heavy atom. The molecule has 0 saturated heterocycles. The Balaban J connectivity index is 1.95. The number of nitrogens with one attached hydrogen (secondary N) is 1. The predicted molar refractivity (Wildman–Crippen MR) is 125 cm³/mol. The molecule has 0 aliphatic carbocycles. The van der Waals surface area contributed by atoms with E-state index in [9.17, 15) is 4.79 Å². The molecular weight excluding hydrogens is 424 g/mol. The molecule has 1 unspecified atom stereocenters. The third-order valence-electron chi connectivity index (χ3n) is 5.60. The standard InChI is InChI=1S/C25H26N2O6/c1-29-15-10-12-19(21(14-15)31-3)27-24(26-18-9-7-6-8-16(18)25(27)28)17-11-13-20(30-2)23(33-5)22(17)32-4/h6-14,24,26H,1-5H3. The van der Waals surface area contributed by atoms with E-state index in [1.807, 2.05) is 24.3 Å². The Labute approximate surface area is 192 Å². The number of fused-ring (bicyclic) bond motifs is 1. The second kappa shape index (κ2) is 9.20. The van der Waals surface area contributed by atoms with Gasteiger partial charge in [0.1, 0.15) is 17.7 Å². The van der Waals surface area contributed by atoms with Gasteiger partial charge in [0.15, 0.2) is 11.5 Å². The van der Waals surface area contributed by atoms with E-state index in [1.54, 1.807) is 70.8 Å². The first kappa shape index (κ1) is 22.1. The van der Waals surface area contributed by atoms with Crippen molar-refractivity contribution in [3.8, 4) is 28.7 Å². The van der Waals surface area contributed by atoms with Crippen LogP contribution in [0.25, 0.3) is 0 Å². The van der Waals surface area contributed by atoms with Crippen molar-refractivity contribution < 1.29 is 28.5 Å². The lowest BCUT2D eigenvalue weighted by Gasteiger charge is -2.39. The normalized spacial score (nSPS) is 14.8. The summed E-state index contributed by atoms with van der Waals surface area (Å²) < 4.78 is 27.7. The molecule has 0 aromatic heterocycles. The maximum absolute atomic E-state index is 13.8. The van der Waals surface area contributed by atoms with Gasteiger partial charge in [-0.25, -0.2) is 0 Å². The van der Waals surface area contributed by atoms with Crippen LogP contribution in [-0.2, 0) is 0 Å². The summed E-state index contributed by atoms with van der Waals surface area (Å²) in [5, 5.41) is 3.48. The summed E-state index contributed by atoms with van der Waals surface area (Å²) in [7, 11) is 7.79. The fourth-order valence-electron chi connectivity index (χ4n) is 4.04. The summed E-state index contributed by atoms with van der Waals surface area (Å²) in [6.07, 6.45) is -0.621. The molecule has 8 heteroatoms. The number of hydrogen-bond donors (Lipinski definition) is 1. The summed E-state index contributed by atoms with van der Waals surface area (Å²) in [5.41, 5.74) is 2.53. The SMILES string of the molecule is COc1ccc(N2C(=O)c3ccccc3NC2c2ccc(OC)c(OC)c2OC)c(OC)c1. The topological polar surface area (TPSA) is 78.5 Å². The highest BCUT2D eigenvalue weighted by molar-refractivity contribution is 6.12. The van der Waals surface area contributed by atoms with Gasteiger partial charge in [0, 0.05) is 17.3 Å². The van der Waals surface area contributed by atoms with Gasteiger partial charge < -0.3 is 29.0 Å². The van der Waals surface area contributed by atoms with Gasteiger partial charge in [0.05, 0.1) is 46.8 Å². The van der Waals surface area contributed by atoms with Crippen molar-refractivity contribution >= 4 is 17.3 Å². The number of nitrogens with zero attached hydrogens (tertiary/aromatic N) is 1. The van der Waals surface area contributed by atoms with Crippen molar-refractivity contribution in [3.05, 3.63) is 65.7 Å². The Kier molecular flexibility index (Phi) is 6.17. The Morgan fingerprint density at radius 3 is 2.15 bits per heavy atom. The molecule has 0 saturated carbocycles. The molecule has 0 bridgehead atoms. The van der Waals surface area contributed by atoms with Crippen LogP contribution < -0.4 is 33.9 Å². The highest BCUT2D eigenvalue weighted by atomic mass is 16.5. The monoisotopic (exact) mass is 450 g/mol. The van der Waals surface area contributed by atoms with E-state index in [-0.39, 0.29) is 5.91 Å². The zero-order valence-corrected chi connectivity index (χ0v) is 19.2. The molecule has 1 amide bonds. The maximum atomic E-state index is 13.8. The first-order valence-electron chi connectivity index (χ1n) is 10.3. The van der Waals surface area contributed by atoms with Crippen LogP contribution in [0.2, 0.25) is 0 Å². The number of amides is 1. The quantitative estimate of drug-likeness (QED) is 0.568. The second-order valence-electron chi connectivity index (χ2n) is 7.23. The minimum Gasteiger partial charge on any atom is -0.497 e. The van der Waals surface area contributed by atoms with Gasteiger partial charge in [0.2, 0.25) is 5.75 Å². The third kappa shape index (κ3) is 3.73. The number of carbonyl (C=O) groups excluding carboxylic acids is 1. The van der Waals surface area contributed by atoms with Crippen LogP contribution in [0.1, 0.15) is 22.1 Å². The molecule has 1 aliphatic rings. The van der Waals surface area contributed by atoms with Gasteiger partial charge in [0.25, 0.3) is 5.91 Å². The molecule has 3 aromatic carbocycles.